The zero-order chi connectivity index (χ0) is 17.6. The average Bonchev–Trinajstić information content (AvgIpc) is 2.63. The molecule has 1 heterocycles. The van der Waals surface area contributed by atoms with Crippen LogP contribution in [0.2, 0.25) is 5.02 Å². The van der Waals surface area contributed by atoms with Gasteiger partial charge >= 0.3 is 0 Å². The number of hydrogen-bond acceptors (Lipinski definition) is 4. The molecule has 4 nitrogen and oxygen atoms in total. The van der Waals surface area contributed by atoms with Gasteiger partial charge in [0.15, 0.2) is 0 Å². The third-order valence-electron chi connectivity index (χ3n) is 4.09. The molecular weight excluding hydrogens is 404 g/mol. The van der Waals surface area contributed by atoms with Gasteiger partial charge in [-0.25, -0.2) is 0 Å². The lowest BCUT2D eigenvalue weighted by Crippen LogP contribution is -2.36. The van der Waals surface area contributed by atoms with Gasteiger partial charge in [0.05, 0.1) is 35.0 Å². The summed E-state index contributed by atoms with van der Waals surface area (Å²) in [4.78, 5) is 2.26. The zero-order valence-corrected chi connectivity index (χ0v) is 16.6. The van der Waals surface area contributed by atoms with Crippen LogP contribution in [0.4, 0.5) is 11.4 Å². The van der Waals surface area contributed by atoms with Crippen molar-refractivity contribution in [2.45, 2.75) is 13.5 Å². The van der Waals surface area contributed by atoms with Crippen LogP contribution >= 0.6 is 27.5 Å². The van der Waals surface area contributed by atoms with E-state index in [2.05, 4.69) is 50.4 Å². The summed E-state index contributed by atoms with van der Waals surface area (Å²) in [5, 5.41) is 4.18. The van der Waals surface area contributed by atoms with Crippen molar-refractivity contribution in [3.05, 3.63) is 51.5 Å². The first kappa shape index (κ1) is 18.4. The van der Waals surface area contributed by atoms with Crippen molar-refractivity contribution < 1.29 is 9.47 Å². The molecule has 1 aliphatic heterocycles. The monoisotopic (exact) mass is 424 g/mol. The van der Waals surface area contributed by atoms with Crippen LogP contribution in [0, 0.1) is 0 Å². The van der Waals surface area contributed by atoms with Gasteiger partial charge in [0, 0.05) is 25.3 Å². The van der Waals surface area contributed by atoms with E-state index >= 15 is 0 Å². The van der Waals surface area contributed by atoms with E-state index in [0.29, 0.717) is 6.61 Å². The normalized spacial score (nSPS) is 14.4. The van der Waals surface area contributed by atoms with Crippen LogP contribution in [-0.4, -0.2) is 32.9 Å². The van der Waals surface area contributed by atoms with E-state index < -0.39 is 0 Å². The summed E-state index contributed by atoms with van der Waals surface area (Å²) < 4.78 is 11.9. The van der Waals surface area contributed by atoms with Crippen molar-refractivity contribution in [3.63, 3.8) is 0 Å². The van der Waals surface area contributed by atoms with Crippen LogP contribution in [0.1, 0.15) is 12.5 Å². The molecule has 134 valence electrons. The van der Waals surface area contributed by atoms with Crippen molar-refractivity contribution >= 4 is 38.9 Å². The summed E-state index contributed by atoms with van der Waals surface area (Å²) in [7, 11) is 0. The molecule has 0 atom stereocenters. The smallest absolute Gasteiger partial charge is 0.133 e. The topological polar surface area (TPSA) is 33.7 Å². The molecule has 0 unspecified atom stereocenters. The summed E-state index contributed by atoms with van der Waals surface area (Å²) in [6.07, 6.45) is 0. The first-order valence-corrected chi connectivity index (χ1v) is 9.62. The quantitative estimate of drug-likeness (QED) is 0.710. The average molecular weight is 426 g/mol. The minimum Gasteiger partial charge on any atom is -0.493 e. The Hall–Kier alpha value is -1.43. The van der Waals surface area contributed by atoms with Crippen LogP contribution in [0.5, 0.6) is 5.75 Å². The Morgan fingerprint density at radius 2 is 2.00 bits per heavy atom. The molecule has 0 saturated carbocycles. The zero-order valence-electron chi connectivity index (χ0n) is 14.2. The molecule has 3 rings (SSSR count). The predicted octanol–water partition coefficient (Wildman–Crippen LogP) is 4.95. The van der Waals surface area contributed by atoms with Crippen LogP contribution in [0.25, 0.3) is 0 Å². The minimum atomic E-state index is 0.657. The van der Waals surface area contributed by atoms with Crippen molar-refractivity contribution in [2.24, 2.45) is 0 Å². The summed E-state index contributed by atoms with van der Waals surface area (Å²) in [5.74, 6) is 0.865. The molecule has 0 bridgehead atoms. The molecule has 0 radical (unpaired) electrons. The van der Waals surface area contributed by atoms with E-state index in [-0.39, 0.29) is 0 Å². The highest BCUT2D eigenvalue weighted by Gasteiger charge is 2.14. The minimum absolute atomic E-state index is 0.657. The van der Waals surface area contributed by atoms with E-state index in [4.69, 9.17) is 21.1 Å². The lowest BCUT2D eigenvalue weighted by molar-refractivity contribution is 0.122. The largest absolute Gasteiger partial charge is 0.493 e. The number of hydrogen-bond donors (Lipinski definition) is 1. The highest BCUT2D eigenvalue weighted by Crippen LogP contribution is 2.30. The molecule has 1 saturated heterocycles. The highest BCUT2D eigenvalue weighted by atomic mass is 79.9. The molecule has 0 aromatic heterocycles. The molecule has 6 heteroatoms. The van der Waals surface area contributed by atoms with Gasteiger partial charge in [0.1, 0.15) is 5.75 Å². The lowest BCUT2D eigenvalue weighted by atomic mass is 10.2. The maximum atomic E-state index is 6.48. The lowest BCUT2D eigenvalue weighted by Gasteiger charge is -2.29. The summed E-state index contributed by atoms with van der Waals surface area (Å²) >= 11 is 10.0. The predicted molar refractivity (Wildman–Crippen MR) is 107 cm³/mol. The number of benzene rings is 2. The fraction of sp³-hybridized carbons (Fsp3) is 0.368. The first-order valence-electron chi connectivity index (χ1n) is 8.44. The first-order chi connectivity index (χ1) is 12.2. The van der Waals surface area contributed by atoms with Crippen LogP contribution < -0.4 is 15.0 Å². The van der Waals surface area contributed by atoms with E-state index in [0.717, 1.165) is 59.5 Å². The Bertz CT molecular complexity index is 721. The number of ether oxygens (including phenoxy) is 2. The van der Waals surface area contributed by atoms with E-state index in [1.807, 2.05) is 19.1 Å². The fourth-order valence-electron chi connectivity index (χ4n) is 2.81. The SMILES string of the molecule is CCOc1ccc(CNc2ccc(N3CCOCC3)c(Cl)c2)cc1Br. The molecule has 1 fully saturated rings. The second-order valence-corrected chi connectivity index (χ2v) is 7.08. The van der Waals surface area contributed by atoms with Crippen LogP contribution in [-0.2, 0) is 11.3 Å². The Morgan fingerprint density at radius 3 is 2.68 bits per heavy atom. The van der Waals surface area contributed by atoms with Gasteiger partial charge in [-0.05, 0) is 58.7 Å². The molecule has 2 aromatic rings. The summed E-state index contributed by atoms with van der Waals surface area (Å²) in [6.45, 7) is 6.62. The number of nitrogens with one attached hydrogen (secondary N) is 1. The standard InChI is InChI=1S/C19H22BrClN2O2/c1-2-25-19-6-3-14(11-16(19)20)13-22-15-4-5-18(17(21)12-15)23-7-9-24-10-8-23/h3-6,11-12,22H,2,7-10,13H2,1H3. The maximum absolute atomic E-state index is 6.48. The van der Waals surface area contributed by atoms with Gasteiger partial charge in [0.25, 0.3) is 0 Å². The number of halogens is 2. The number of nitrogens with zero attached hydrogens (tertiary/aromatic N) is 1. The van der Waals surface area contributed by atoms with Crippen molar-refractivity contribution in [3.8, 4) is 5.75 Å². The maximum Gasteiger partial charge on any atom is 0.133 e. The Kier molecular flexibility index (Phi) is 6.45. The number of morpholine rings is 1. The van der Waals surface area contributed by atoms with E-state index in [1.54, 1.807) is 0 Å². The van der Waals surface area contributed by atoms with Gasteiger partial charge in [-0.15, -0.1) is 0 Å². The molecular formula is C19H22BrClN2O2. The highest BCUT2D eigenvalue weighted by molar-refractivity contribution is 9.10. The molecule has 2 aromatic carbocycles. The van der Waals surface area contributed by atoms with E-state index in [9.17, 15) is 0 Å². The molecule has 25 heavy (non-hydrogen) atoms. The Labute approximate surface area is 162 Å². The molecule has 0 amide bonds. The Morgan fingerprint density at radius 1 is 1.20 bits per heavy atom. The fourth-order valence-corrected chi connectivity index (χ4v) is 3.65. The van der Waals surface area contributed by atoms with Gasteiger partial charge in [-0.3, -0.25) is 0 Å². The van der Waals surface area contributed by atoms with Crippen molar-refractivity contribution in [1.82, 2.24) is 0 Å². The summed E-state index contributed by atoms with van der Waals surface area (Å²) in [5.41, 5.74) is 3.25. The second kappa shape index (κ2) is 8.79. The molecule has 0 aliphatic carbocycles. The second-order valence-electron chi connectivity index (χ2n) is 5.82. The molecule has 1 aliphatic rings. The van der Waals surface area contributed by atoms with Crippen molar-refractivity contribution in [2.75, 3.05) is 43.1 Å². The van der Waals surface area contributed by atoms with Gasteiger partial charge in [-0.2, -0.15) is 0 Å². The van der Waals surface area contributed by atoms with Gasteiger partial charge in [0.2, 0.25) is 0 Å². The third kappa shape index (κ3) is 4.81. The molecule has 0 spiro atoms. The van der Waals surface area contributed by atoms with E-state index in [1.165, 1.54) is 5.56 Å². The van der Waals surface area contributed by atoms with Crippen LogP contribution in [0.15, 0.2) is 40.9 Å². The van der Waals surface area contributed by atoms with Crippen molar-refractivity contribution in [1.29, 1.82) is 0 Å². The van der Waals surface area contributed by atoms with Crippen LogP contribution in [0.3, 0.4) is 0 Å². The van der Waals surface area contributed by atoms with Gasteiger partial charge < -0.3 is 19.7 Å². The number of anilines is 2. The number of rotatable bonds is 6. The summed E-state index contributed by atoms with van der Waals surface area (Å²) in [6, 6.07) is 12.2. The third-order valence-corrected chi connectivity index (χ3v) is 5.01. The van der Waals surface area contributed by atoms with Gasteiger partial charge in [-0.1, -0.05) is 17.7 Å². The molecule has 1 N–H and O–H groups in total. The Balaban J connectivity index is 1.63.